The summed E-state index contributed by atoms with van der Waals surface area (Å²) in [4.78, 5) is 15.3. The summed E-state index contributed by atoms with van der Waals surface area (Å²) in [5, 5.41) is 6.15. The van der Waals surface area contributed by atoms with E-state index in [1.165, 1.54) is 16.8 Å². The molecule has 0 fully saturated rings. The van der Waals surface area contributed by atoms with Gasteiger partial charge in [-0.25, -0.2) is 19.3 Å². The second-order valence-corrected chi connectivity index (χ2v) is 4.60. The maximum atomic E-state index is 11.3. The zero-order valence-corrected chi connectivity index (χ0v) is 11.1. The van der Waals surface area contributed by atoms with Crippen LogP contribution in [-0.4, -0.2) is 19.6 Å². The summed E-state index contributed by atoms with van der Waals surface area (Å²) in [6.45, 7) is 0. The number of nitrogen functional groups attached to an aromatic ring is 1. The molecule has 19 heavy (non-hydrogen) atoms. The van der Waals surface area contributed by atoms with Gasteiger partial charge < -0.3 is 10.5 Å². The molecule has 8 heteroatoms. The van der Waals surface area contributed by atoms with Crippen molar-refractivity contribution in [3.8, 4) is 11.6 Å². The van der Waals surface area contributed by atoms with E-state index >= 15 is 0 Å². The molecule has 0 atom stereocenters. The van der Waals surface area contributed by atoms with Gasteiger partial charge in [-0.3, -0.25) is 0 Å². The fourth-order valence-electron chi connectivity index (χ4n) is 1.59. The number of nitrogens with two attached hydrogens (primary N) is 1. The van der Waals surface area contributed by atoms with Gasteiger partial charge in [0.05, 0.1) is 10.2 Å². The summed E-state index contributed by atoms with van der Waals surface area (Å²) in [6.07, 6.45) is 1.34. The minimum Gasteiger partial charge on any atom is -0.435 e. The smallest absolute Gasteiger partial charge is 0.348 e. The fourth-order valence-corrected chi connectivity index (χ4v) is 2.05. The van der Waals surface area contributed by atoms with Crippen molar-refractivity contribution in [1.82, 2.24) is 19.6 Å². The maximum absolute atomic E-state index is 11.3. The van der Waals surface area contributed by atoms with Crippen LogP contribution in [0.25, 0.3) is 5.65 Å². The SMILES string of the molecule is Nc1cccc(Br)c1Oc1cc2n[nH]c(=O)n2cn1. The first kappa shape index (κ1) is 11.7. The lowest BCUT2D eigenvalue weighted by Gasteiger charge is -2.09. The molecule has 0 saturated carbocycles. The first-order valence-electron chi connectivity index (χ1n) is 5.30. The van der Waals surface area contributed by atoms with E-state index in [9.17, 15) is 4.79 Å². The van der Waals surface area contributed by atoms with Crippen LogP contribution in [0.2, 0.25) is 0 Å². The number of aromatic amines is 1. The Kier molecular flexibility index (Phi) is 2.71. The zero-order valence-electron chi connectivity index (χ0n) is 9.50. The average molecular weight is 322 g/mol. The van der Waals surface area contributed by atoms with E-state index in [-0.39, 0.29) is 5.69 Å². The molecule has 0 bridgehead atoms. The van der Waals surface area contributed by atoms with Crippen LogP contribution in [0.15, 0.2) is 39.9 Å². The number of nitrogens with zero attached hydrogens (tertiary/aromatic N) is 3. The Balaban J connectivity index is 2.03. The number of hydrogen-bond donors (Lipinski definition) is 2. The van der Waals surface area contributed by atoms with Crippen molar-refractivity contribution in [3.63, 3.8) is 0 Å². The van der Waals surface area contributed by atoms with Crippen molar-refractivity contribution in [3.05, 3.63) is 45.5 Å². The van der Waals surface area contributed by atoms with Crippen LogP contribution in [0, 0.1) is 0 Å². The Labute approximate surface area is 115 Å². The summed E-state index contributed by atoms with van der Waals surface area (Å²) in [5.41, 5.74) is 6.37. The predicted molar refractivity (Wildman–Crippen MR) is 72.2 cm³/mol. The Morgan fingerprint density at radius 1 is 1.42 bits per heavy atom. The first-order chi connectivity index (χ1) is 9.15. The number of rotatable bonds is 2. The van der Waals surface area contributed by atoms with Crippen molar-refractivity contribution in [1.29, 1.82) is 0 Å². The van der Waals surface area contributed by atoms with Gasteiger partial charge in [0.25, 0.3) is 0 Å². The molecule has 0 spiro atoms. The Bertz CT molecular complexity index is 790. The average Bonchev–Trinajstić information content (AvgIpc) is 2.76. The molecule has 0 saturated heterocycles. The number of fused-ring (bicyclic) bond motifs is 1. The zero-order chi connectivity index (χ0) is 13.4. The predicted octanol–water partition coefficient (Wildman–Crippen LogP) is 1.55. The quantitative estimate of drug-likeness (QED) is 0.698. The van der Waals surface area contributed by atoms with Gasteiger partial charge in [-0.05, 0) is 28.1 Å². The van der Waals surface area contributed by atoms with Crippen molar-refractivity contribution in [2.45, 2.75) is 0 Å². The number of H-pyrrole nitrogens is 1. The number of nitrogens with one attached hydrogen (secondary N) is 1. The van der Waals surface area contributed by atoms with E-state index in [2.05, 4.69) is 31.1 Å². The summed E-state index contributed by atoms with van der Waals surface area (Å²) >= 11 is 3.35. The molecule has 1 aromatic carbocycles. The van der Waals surface area contributed by atoms with E-state index in [1.807, 2.05) is 6.07 Å². The van der Waals surface area contributed by atoms with Gasteiger partial charge in [0.2, 0.25) is 5.88 Å². The summed E-state index contributed by atoms with van der Waals surface area (Å²) in [6, 6.07) is 6.87. The lowest BCUT2D eigenvalue weighted by molar-refractivity contribution is 0.461. The summed E-state index contributed by atoms with van der Waals surface area (Å²) < 4.78 is 7.60. The topological polar surface area (TPSA) is 98.3 Å². The number of anilines is 1. The molecule has 2 aromatic heterocycles. The van der Waals surface area contributed by atoms with E-state index in [0.29, 0.717) is 27.4 Å². The molecule has 0 radical (unpaired) electrons. The van der Waals surface area contributed by atoms with Gasteiger partial charge >= 0.3 is 5.69 Å². The van der Waals surface area contributed by atoms with Crippen molar-refractivity contribution < 1.29 is 4.74 Å². The van der Waals surface area contributed by atoms with Gasteiger partial charge in [-0.15, -0.1) is 0 Å². The van der Waals surface area contributed by atoms with Crippen LogP contribution >= 0.6 is 15.9 Å². The van der Waals surface area contributed by atoms with Gasteiger partial charge in [0.15, 0.2) is 11.4 Å². The van der Waals surface area contributed by atoms with Crippen LogP contribution in [-0.2, 0) is 0 Å². The van der Waals surface area contributed by atoms with Crippen LogP contribution < -0.4 is 16.2 Å². The minimum absolute atomic E-state index is 0.296. The number of benzene rings is 1. The van der Waals surface area contributed by atoms with Gasteiger partial charge in [-0.1, -0.05) is 6.07 Å². The molecule has 7 nitrogen and oxygen atoms in total. The maximum Gasteiger partial charge on any atom is 0.348 e. The van der Waals surface area contributed by atoms with Crippen LogP contribution in [0.1, 0.15) is 0 Å². The van der Waals surface area contributed by atoms with Crippen LogP contribution in [0.4, 0.5) is 5.69 Å². The number of hydrogen-bond acceptors (Lipinski definition) is 5. The monoisotopic (exact) mass is 321 g/mol. The first-order valence-corrected chi connectivity index (χ1v) is 6.09. The standard InChI is InChI=1S/C11H8BrN5O2/c12-6-2-1-3-7(13)10(6)19-9-4-8-15-16-11(18)17(8)5-14-9/h1-5H,13H2,(H,16,18). The van der Waals surface area contributed by atoms with Gasteiger partial charge in [-0.2, -0.15) is 5.10 Å². The third-order valence-corrected chi connectivity index (χ3v) is 3.11. The number of ether oxygens (including phenoxy) is 1. The molecule has 0 unspecified atom stereocenters. The van der Waals surface area contributed by atoms with Gasteiger partial charge in [0, 0.05) is 6.07 Å². The molecule has 0 aliphatic rings. The third kappa shape index (κ3) is 2.06. The van der Waals surface area contributed by atoms with Crippen LogP contribution in [0.3, 0.4) is 0 Å². The Morgan fingerprint density at radius 2 is 2.26 bits per heavy atom. The largest absolute Gasteiger partial charge is 0.435 e. The molecular formula is C11H8BrN5O2. The third-order valence-electron chi connectivity index (χ3n) is 2.49. The second kappa shape index (κ2) is 4.39. The molecule has 3 aromatic rings. The fraction of sp³-hybridized carbons (Fsp3) is 0. The highest BCUT2D eigenvalue weighted by atomic mass is 79.9. The van der Waals surface area contributed by atoms with E-state index < -0.39 is 0 Å². The summed E-state index contributed by atoms with van der Waals surface area (Å²) in [5.74, 6) is 0.766. The molecule has 0 aliphatic carbocycles. The van der Waals surface area contributed by atoms with Gasteiger partial charge in [0.1, 0.15) is 6.33 Å². The highest BCUT2D eigenvalue weighted by molar-refractivity contribution is 9.10. The second-order valence-electron chi connectivity index (χ2n) is 3.74. The Hall–Kier alpha value is -2.35. The Morgan fingerprint density at radius 3 is 3.05 bits per heavy atom. The van der Waals surface area contributed by atoms with Crippen LogP contribution in [0.5, 0.6) is 11.6 Å². The molecular weight excluding hydrogens is 314 g/mol. The lowest BCUT2D eigenvalue weighted by atomic mass is 10.3. The minimum atomic E-state index is -0.352. The molecule has 3 N–H and O–H groups in total. The molecule has 3 rings (SSSR count). The highest BCUT2D eigenvalue weighted by Crippen LogP contribution is 2.34. The van der Waals surface area contributed by atoms with E-state index in [1.54, 1.807) is 12.1 Å². The van der Waals surface area contributed by atoms with Crippen molar-refractivity contribution in [2.75, 3.05) is 5.73 Å². The number of aromatic nitrogens is 4. The van der Waals surface area contributed by atoms with E-state index in [0.717, 1.165) is 0 Å². The molecule has 0 amide bonds. The molecule has 0 aliphatic heterocycles. The molecule has 96 valence electrons. The van der Waals surface area contributed by atoms with E-state index in [4.69, 9.17) is 10.5 Å². The normalized spacial score (nSPS) is 10.8. The highest BCUT2D eigenvalue weighted by Gasteiger charge is 2.09. The number of para-hydroxylation sites is 1. The van der Waals surface area contributed by atoms with Crippen molar-refractivity contribution in [2.24, 2.45) is 0 Å². The summed E-state index contributed by atoms with van der Waals surface area (Å²) in [7, 11) is 0. The van der Waals surface area contributed by atoms with Crippen molar-refractivity contribution >= 4 is 27.3 Å². The lowest BCUT2D eigenvalue weighted by Crippen LogP contribution is -2.09. The number of halogens is 1. The molecule has 2 heterocycles.